The average Bonchev–Trinajstić information content (AvgIpc) is 3.13. The summed E-state index contributed by atoms with van der Waals surface area (Å²) >= 11 is 3.29. The molecule has 1 amide bonds. The number of nitrogens with two attached hydrogens (primary N) is 1. The van der Waals surface area contributed by atoms with Gasteiger partial charge in [-0.1, -0.05) is 0 Å². The molecule has 0 spiro atoms. The molecule has 3 N–H and O–H groups in total. The van der Waals surface area contributed by atoms with Crippen molar-refractivity contribution < 1.29 is 4.79 Å². The van der Waals surface area contributed by atoms with Crippen molar-refractivity contribution >= 4 is 21.8 Å². The molecule has 1 heterocycles. The number of halogens is 1. The van der Waals surface area contributed by atoms with Crippen molar-refractivity contribution in [2.24, 2.45) is 11.7 Å². The summed E-state index contributed by atoms with van der Waals surface area (Å²) in [7, 11) is 0. The van der Waals surface area contributed by atoms with Gasteiger partial charge in [-0.05, 0) is 53.7 Å². The number of pyridine rings is 1. The van der Waals surface area contributed by atoms with E-state index in [-0.39, 0.29) is 11.4 Å². The van der Waals surface area contributed by atoms with Crippen LogP contribution in [0.15, 0.2) is 22.8 Å². The lowest BCUT2D eigenvalue weighted by Gasteiger charge is -2.29. The summed E-state index contributed by atoms with van der Waals surface area (Å²) < 4.78 is 0.859. The quantitative estimate of drug-likeness (QED) is 0.889. The highest BCUT2D eigenvalue weighted by molar-refractivity contribution is 9.10. The molecule has 1 aromatic heterocycles. The molecule has 1 aromatic rings. The first-order valence-electron chi connectivity index (χ1n) is 5.69. The third kappa shape index (κ3) is 2.84. The summed E-state index contributed by atoms with van der Waals surface area (Å²) in [6.45, 7) is 2.46. The molecule has 4 nitrogen and oxygen atoms in total. The number of nitrogens with zero attached hydrogens (tertiary/aromatic N) is 1. The van der Waals surface area contributed by atoms with Crippen LogP contribution in [-0.2, 0) is 0 Å². The molecule has 1 fully saturated rings. The molecule has 1 aliphatic rings. The minimum atomic E-state index is -0.300. The Morgan fingerprint density at radius 2 is 2.35 bits per heavy atom. The standard InChI is InChI=1S/C12H16BrN3O/c1-12(7-14,8-2-3-8)16-11(17)10-5-4-9(13)6-15-10/h4-6,8H,2-3,7,14H2,1H3,(H,16,17). The van der Waals surface area contributed by atoms with Crippen molar-refractivity contribution in [3.05, 3.63) is 28.5 Å². The van der Waals surface area contributed by atoms with Gasteiger partial charge in [-0.2, -0.15) is 0 Å². The first kappa shape index (κ1) is 12.5. The minimum absolute atomic E-state index is 0.155. The first-order valence-corrected chi connectivity index (χ1v) is 6.48. The van der Waals surface area contributed by atoms with Crippen LogP contribution in [0.5, 0.6) is 0 Å². The van der Waals surface area contributed by atoms with E-state index in [0.29, 0.717) is 18.2 Å². The summed E-state index contributed by atoms with van der Waals surface area (Å²) in [4.78, 5) is 16.1. The van der Waals surface area contributed by atoms with Crippen LogP contribution in [0.4, 0.5) is 0 Å². The van der Waals surface area contributed by atoms with E-state index in [1.807, 2.05) is 6.92 Å². The van der Waals surface area contributed by atoms with Crippen LogP contribution in [-0.4, -0.2) is 23.0 Å². The monoisotopic (exact) mass is 297 g/mol. The predicted octanol–water partition coefficient (Wildman–Crippen LogP) is 1.70. The van der Waals surface area contributed by atoms with E-state index in [2.05, 4.69) is 26.2 Å². The molecule has 17 heavy (non-hydrogen) atoms. The van der Waals surface area contributed by atoms with E-state index < -0.39 is 0 Å². The van der Waals surface area contributed by atoms with Gasteiger partial charge in [-0.15, -0.1) is 0 Å². The molecule has 0 aliphatic heterocycles. The van der Waals surface area contributed by atoms with Crippen LogP contribution in [0, 0.1) is 5.92 Å². The van der Waals surface area contributed by atoms with Gasteiger partial charge in [0.2, 0.25) is 0 Å². The van der Waals surface area contributed by atoms with Gasteiger partial charge in [0.1, 0.15) is 5.69 Å². The van der Waals surface area contributed by atoms with Crippen molar-refractivity contribution in [3.8, 4) is 0 Å². The lowest BCUT2D eigenvalue weighted by atomic mass is 9.96. The van der Waals surface area contributed by atoms with E-state index in [4.69, 9.17) is 5.73 Å². The molecule has 5 heteroatoms. The molecular formula is C12H16BrN3O. The number of carbonyl (C=O) groups excluding carboxylic acids is 1. The van der Waals surface area contributed by atoms with Crippen LogP contribution in [0.3, 0.4) is 0 Å². The fraction of sp³-hybridized carbons (Fsp3) is 0.500. The van der Waals surface area contributed by atoms with Crippen molar-refractivity contribution in [3.63, 3.8) is 0 Å². The van der Waals surface area contributed by atoms with E-state index >= 15 is 0 Å². The highest BCUT2D eigenvalue weighted by atomic mass is 79.9. The third-order valence-electron chi connectivity index (χ3n) is 3.26. The summed E-state index contributed by atoms with van der Waals surface area (Å²) in [5, 5.41) is 3.00. The minimum Gasteiger partial charge on any atom is -0.344 e. The van der Waals surface area contributed by atoms with Gasteiger partial charge in [0.25, 0.3) is 5.91 Å². The lowest BCUT2D eigenvalue weighted by Crippen LogP contribution is -2.53. The van der Waals surface area contributed by atoms with E-state index in [0.717, 1.165) is 17.3 Å². The molecule has 0 aromatic carbocycles. The molecular weight excluding hydrogens is 282 g/mol. The van der Waals surface area contributed by atoms with Gasteiger partial charge < -0.3 is 11.1 Å². The molecule has 1 saturated carbocycles. The van der Waals surface area contributed by atoms with Crippen LogP contribution < -0.4 is 11.1 Å². The lowest BCUT2D eigenvalue weighted by molar-refractivity contribution is 0.0892. The van der Waals surface area contributed by atoms with E-state index in [9.17, 15) is 4.79 Å². The second kappa shape index (κ2) is 4.74. The van der Waals surface area contributed by atoms with Gasteiger partial charge in [-0.25, -0.2) is 4.98 Å². The SMILES string of the molecule is CC(CN)(NC(=O)c1ccc(Br)cn1)C1CC1. The highest BCUT2D eigenvalue weighted by Crippen LogP contribution is 2.39. The fourth-order valence-corrected chi connectivity index (χ4v) is 2.11. The zero-order chi connectivity index (χ0) is 12.5. The molecule has 92 valence electrons. The summed E-state index contributed by atoms with van der Waals surface area (Å²) in [5.41, 5.74) is 5.88. The average molecular weight is 298 g/mol. The van der Waals surface area contributed by atoms with E-state index in [1.54, 1.807) is 18.3 Å². The fourth-order valence-electron chi connectivity index (χ4n) is 1.87. The number of aromatic nitrogens is 1. The first-order chi connectivity index (χ1) is 8.05. The molecule has 0 bridgehead atoms. The molecule has 2 rings (SSSR count). The summed E-state index contributed by atoms with van der Waals surface area (Å²) in [6.07, 6.45) is 3.90. The molecule has 0 saturated heterocycles. The van der Waals surface area contributed by atoms with E-state index in [1.165, 1.54) is 0 Å². The number of hydrogen-bond donors (Lipinski definition) is 2. The maximum atomic E-state index is 12.0. The van der Waals surface area contributed by atoms with Crippen LogP contribution in [0.1, 0.15) is 30.3 Å². The zero-order valence-electron chi connectivity index (χ0n) is 9.74. The molecule has 1 unspecified atom stereocenters. The van der Waals surface area contributed by atoms with Crippen molar-refractivity contribution in [2.45, 2.75) is 25.3 Å². The summed E-state index contributed by atoms with van der Waals surface area (Å²) in [6, 6.07) is 3.50. The van der Waals surface area contributed by atoms with Crippen molar-refractivity contribution in [1.29, 1.82) is 0 Å². The molecule has 0 radical (unpaired) electrons. The largest absolute Gasteiger partial charge is 0.344 e. The Hall–Kier alpha value is -0.940. The highest BCUT2D eigenvalue weighted by Gasteiger charge is 2.41. The maximum Gasteiger partial charge on any atom is 0.270 e. The van der Waals surface area contributed by atoms with Gasteiger partial charge in [0.05, 0.1) is 5.54 Å². The van der Waals surface area contributed by atoms with Crippen LogP contribution in [0.2, 0.25) is 0 Å². The number of nitrogens with one attached hydrogen (secondary N) is 1. The van der Waals surface area contributed by atoms with Gasteiger partial charge >= 0.3 is 0 Å². The Kier molecular flexibility index (Phi) is 3.49. The van der Waals surface area contributed by atoms with Crippen molar-refractivity contribution in [1.82, 2.24) is 10.3 Å². The van der Waals surface area contributed by atoms with Crippen LogP contribution >= 0.6 is 15.9 Å². The Balaban J connectivity index is 2.07. The van der Waals surface area contributed by atoms with Crippen molar-refractivity contribution in [2.75, 3.05) is 6.54 Å². The van der Waals surface area contributed by atoms with Gasteiger partial charge in [0.15, 0.2) is 0 Å². The Labute approximate surface area is 109 Å². The van der Waals surface area contributed by atoms with Crippen LogP contribution in [0.25, 0.3) is 0 Å². The Morgan fingerprint density at radius 1 is 1.65 bits per heavy atom. The zero-order valence-corrected chi connectivity index (χ0v) is 11.3. The van der Waals surface area contributed by atoms with Gasteiger partial charge in [-0.3, -0.25) is 4.79 Å². The smallest absolute Gasteiger partial charge is 0.270 e. The predicted molar refractivity (Wildman–Crippen MR) is 69.6 cm³/mol. The normalized spacial score (nSPS) is 18.5. The second-order valence-electron chi connectivity index (χ2n) is 4.71. The molecule has 1 aliphatic carbocycles. The maximum absolute atomic E-state index is 12.0. The topological polar surface area (TPSA) is 68.0 Å². The summed E-state index contributed by atoms with van der Waals surface area (Å²) in [5.74, 6) is 0.351. The number of amides is 1. The van der Waals surface area contributed by atoms with Gasteiger partial charge in [0, 0.05) is 17.2 Å². The number of carbonyl (C=O) groups is 1. The number of hydrogen-bond acceptors (Lipinski definition) is 3. The number of rotatable bonds is 4. The second-order valence-corrected chi connectivity index (χ2v) is 5.63. The third-order valence-corrected chi connectivity index (χ3v) is 3.73. The molecule has 1 atom stereocenters. The Morgan fingerprint density at radius 3 is 2.82 bits per heavy atom. The Bertz CT molecular complexity index is 416.